The Morgan fingerprint density at radius 2 is 1.58 bits per heavy atom. The summed E-state index contributed by atoms with van der Waals surface area (Å²) in [6, 6.07) is 14.6. The number of benzene rings is 2. The topological polar surface area (TPSA) is 66.1 Å². The maximum Gasteiger partial charge on any atom is 0.265 e. The third kappa shape index (κ3) is 2.32. The van der Waals surface area contributed by atoms with Crippen LogP contribution in [0.4, 0.5) is 0 Å². The van der Waals surface area contributed by atoms with Gasteiger partial charge in [0.05, 0.1) is 29.3 Å². The van der Waals surface area contributed by atoms with Gasteiger partial charge in [0.2, 0.25) is 0 Å². The molecule has 0 radical (unpaired) electrons. The van der Waals surface area contributed by atoms with Gasteiger partial charge in [0, 0.05) is 6.20 Å². The number of nitrogens with zero attached hydrogens (tertiary/aromatic N) is 2. The summed E-state index contributed by atoms with van der Waals surface area (Å²) < 4.78 is 0. The molecular formula is C19H13N3O2. The normalized spacial score (nSPS) is 13.8. The lowest BCUT2D eigenvalue weighted by atomic mass is 10.1. The van der Waals surface area contributed by atoms with E-state index >= 15 is 0 Å². The predicted octanol–water partition coefficient (Wildman–Crippen LogP) is 3.34. The summed E-state index contributed by atoms with van der Waals surface area (Å²) in [7, 11) is 0. The van der Waals surface area contributed by atoms with Crippen molar-refractivity contribution in [3.63, 3.8) is 0 Å². The van der Waals surface area contributed by atoms with E-state index in [1.165, 1.54) is 6.20 Å². The number of H-pyrrole nitrogens is 1. The monoisotopic (exact) mass is 315 g/mol. The molecule has 0 fully saturated rings. The van der Waals surface area contributed by atoms with E-state index in [0.717, 1.165) is 21.7 Å². The average molecular weight is 315 g/mol. The minimum atomic E-state index is -0.291. The van der Waals surface area contributed by atoms with Crippen LogP contribution in [-0.2, 0) is 0 Å². The molecule has 116 valence electrons. The van der Waals surface area contributed by atoms with Crippen molar-refractivity contribution in [2.75, 3.05) is 0 Å². The SMILES string of the molecule is O=C1c2ccccc2C(=O)N1C=Cc1ccc(-c2cnc[nH]2)cc1. The van der Waals surface area contributed by atoms with Gasteiger partial charge in [0.1, 0.15) is 0 Å². The van der Waals surface area contributed by atoms with E-state index in [0.29, 0.717) is 11.1 Å². The van der Waals surface area contributed by atoms with Crippen molar-refractivity contribution in [1.82, 2.24) is 14.9 Å². The van der Waals surface area contributed by atoms with Gasteiger partial charge < -0.3 is 4.98 Å². The van der Waals surface area contributed by atoms with Crippen molar-refractivity contribution >= 4 is 17.9 Å². The van der Waals surface area contributed by atoms with Crippen LogP contribution in [0, 0.1) is 0 Å². The quantitative estimate of drug-likeness (QED) is 0.754. The molecule has 2 amide bonds. The lowest BCUT2D eigenvalue weighted by Crippen LogP contribution is -2.23. The van der Waals surface area contributed by atoms with E-state index in [2.05, 4.69) is 9.97 Å². The molecule has 5 heteroatoms. The first-order valence-electron chi connectivity index (χ1n) is 7.48. The lowest BCUT2D eigenvalue weighted by Gasteiger charge is -2.07. The number of aromatic amines is 1. The highest BCUT2D eigenvalue weighted by Gasteiger charge is 2.33. The zero-order valence-electron chi connectivity index (χ0n) is 12.6. The Hall–Kier alpha value is -3.47. The Morgan fingerprint density at radius 1 is 0.917 bits per heavy atom. The molecule has 0 unspecified atom stereocenters. The Morgan fingerprint density at radius 3 is 2.17 bits per heavy atom. The molecule has 0 saturated carbocycles. The van der Waals surface area contributed by atoms with Crippen LogP contribution in [0.25, 0.3) is 17.3 Å². The van der Waals surface area contributed by atoms with Crippen LogP contribution in [0.1, 0.15) is 26.3 Å². The van der Waals surface area contributed by atoms with E-state index in [1.54, 1.807) is 42.9 Å². The Labute approximate surface area is 138 Å². The number of carbonyl (C=O) groups excluding carboxylic acids is 2. The largest absolute Gasteiger partial charge is 0.345 e. The highest BCUT2D eigenvalue weighted by Crippen LogP contribution is 2.23. The third-order valence-electron chi connectivity index (χ3n) is 3.96. The second kappa shape index (κ2) is 5.62. The summed E-state index contributed by atoms with van der Waals surface area (Å²) in [6.07, 6.45) is 6.66. The van der Waals surface area contributed by atoms with Crippen LogP contribution in [-0.4, -0.2) is 26.7 Å². The first-order valence-corrected chi connectivity index (χ1v) is 7.48. The molecule has 2 aromatic carbocycles. The Bertz CT molecular complexity index is 906. The molecular weight excluding hydrogens is 302 g/mol. The van der Waals surface area contributed by atoms with Crippen molar-refractivity contribution in [3.05, 3.63) is 83.9 Å². The fraction of sp³-hybridized carbons (Fsp3) is 0. The zero-order valence-corrected chi connectivity index (χ0v) is 12.6. The van der Waals surface area contributed by atoms with Gasteiger partial charge in [-0.15, -0.1) is 0 Å². The average Bonchev–Trinajstić information content (AvgIpc) is 3.23. The van der Waals surface area contributed by atoms with Gasteiger partial charge in [-0.1, -0.05) is 36.4 Å². The summed E-state index contributed by atoms with van der Waals surface area (Å²) in [5, 5.41) is 0. The number of rotatable bonds is 3. The van der Waals surface area contributed by atoms with Gasteiger partial charge in [-0.25, -0.2) is 9.88 Å². The minimum Gasteiger partial charge on any atom is -0.345 e. The molecule has 0 atom stereocenters. The number of imide groups is 1. The minimum absolute atomic E-state index is 0.291. The fourth-order valence-electron chi connectivity index (χ4n) is 2.69. The molecule has 24 heavy (non-hydrogen) atoms. The van der Waals surface area contributed by atoms with E-state index in [1.807, 2.05) is 24.3 Å². The summed E-state index contributed by atoms with van der Waals surface area (Å²) in [4.78, 5) is 32.7. The first kappa shape index (κ1) is 14.1. The van der Waals surface area contributed by atoms with Gasteiger partial charge in [0.25, 0.3) is 11.8 Å². The van der Waals surface area contributed by atoms with Crippen molar-refractivity contribution in [1.29, 1.82) is 0 Å². The van der Waals surface area contributed by atoms with E-state index < -0.39 is 0 Å². The highest BCUT2D eigenvalue weighted by molar-refractivity contribution is 6.22. The number of fused-ring (bicyclic) bond motifs is 1. The van der Waals surface area contributed by atoms with Crippen LogP contribution in [0.3, 0.4) is 0 Å². The number of amides is 2. The molecule has 2 heterocycles. The van der Waals surface area contributed by atoms with Crippen LogP contribution >= 0.6 is 0 Å². The smallest absolute Gasteiger partial charge is 0.265 e. The van der Waals surface area contributed by atoms with Crippen LogP contribution in [0.15, 0.2) is 67.3 Å². The first-order chi connectivity index (χ1) is 11.7. The van der Waals surface area contributed by atoms with Crippen molar-refractivity contribution in [2.45, 2.75) is 0 Å². The number of hydrogen-bond acceptors (Lipinski definition) is 3. The summed E-state index contributed by atoms with van der Waals surface area (Å²) in [5.74, 6) is -0.582. The number of imidazole rings is 1. The Kier molecular flexibility index (Phi) is 3.31. The van der Waals surface area contributed by atoms with E-state index in [4.69, 9.17) is 0 Å². The second-order valence-corrected chi connectivity index (χ2v) is 5.43. The number of carbonyl (C=O) groups is 2. The van der Waals surface area contributed by atoms with Crippen molar-refractivity contribution < 1.29 is 9.59 Å². The maximum absolute atomic E-state index is 12.3. The van der Waals surface area contributed by atoms with Crippen molar-refractivity contribution in [3.8, 4) is 11.3 Å². The molecule has 1 N–H and O–H groups in total. The molecule has 0 bridgehead atoms. The predicted molar refractivity (Wildman–Crippen MR) is 90.0 cm³/mol. The van der Waals surface area contributed by atoms with E-state index in [9.17, 15) is 9.59 Å². The number of aromatic nitrogens is 2. The summed E-state index contributed by atoms with van der Waals surface area (Å²) >= 11 is 0. The van der Waals surface area contributed by atoms with Gasteiger partial charge in [-0.05, 0) is 29.3 Å². The van der Waals surface area contributed by atoms with Crippen LogP contribution in [0.5, 0.6) is 0 Å². The maximum atomic E-state index is 12.3. The molecule has 0 spiro atoms. The third-order valence-corrected chi connectivity index (χ3v) is 3.96. The molecule has 1 aromatic heterocycles. The second-order valence-electron chi connectivity index (χ2n) is 5.43. The molecule has 0 saturated heterocycles. The standard InChI is InChI=1S/C19H13N3O2/c23-18-15-3-1-2-4-16(15)19(24)22(18)10-9-13-5-7-14(8-6-13)17-11-20-12-21-17/h1-12H,(H,20,21). The van der Waals surface area contributed by atoms with Gasteiger partial charge in [-0.2, -0.15) is 0 Å². The molecule has 0 aliphatic carbocycles. The van der Waals surface area contributed by atoms with E-state index in [-0.39, 0.29) is 11.8 Å². The zero-order chi connectivity index (χ0) is 16.5. The Balaban J connectivity index is 1.56. The van der Waals surface area contributed by atoms with Crippen molar-refractivity contribution in [2.24, 2.45) is 0 Å². The fourth-order valence-corrected chi connectivity index (χ4v) is 2.69. The summed E-state index contributed by atoms with van der Waals surface area (Å²) in [6.45, 7) is 0. The molecule has 3 aromatic rings. The molecule has 1 aliphatic heterocycles. The molecule has 1 aliphatic rings. The van der Waals surface area contributed by atoms with Gasteiger partial charge in [-0.3, -0.25) is 9.59 Å². The van der Waals surface area contributed by atoms with Gasteiger partial charge in [0.15, 0.2) is 0 Å². The van der Waals surface area contributed by atoms with Crippen LogP contribution in [0.2, 0.25) is 0 Å². The number of nitrogens with one attached hydrogen (secondary N) is 1. The highest BCUT2D eigenvalue weighted by atomic mass is 16.2. The molecule has 4 rings (SSSR count). The van der Waals surface area contributed by atoms with Gasteiger partial charge >= 0.3 is 0 Å². The lowest BCUT2D eigenvalue weighted by molar-refractivity contribution is 0.0722. The summed E-state index contributed by atoms with van der Waals surface area (Å²) in [5.41, 5.74) is 3.74. The van der Waals surface area contributed by atoms with Crippen LogP contribution < -0.4 is 0 Å². The number of hydrogen-bond donors (Lipinski definition) is 1. The molecule has 5 nitrogen and oxygen atoms in total.